The van der Waals surface area contributed by atoms with Crippen LogP contribution < -0.4 is 5.32 Å². The van der Waals surface area contributed by atoms with Gasteiger partial charge in [0.2, 0.25) is 0 Å². The molecule has 2 aromatic rings. The van der Waals surface area contributed by atoms with E-state index in [0.717, 1.165) is 16.5 Å². The lowest BCUT2D eigenvalue weighted by molar-refractivity contribution is -0.221. The monoisotopic (exact) mass is 305 g/mol. The molecule has 22 heavy (non-hydrogen) atoms. The fourth-order valence-corrected chi connectivity index (χ4v) is 2.73. The molecule has 0 unspecified atom stereocenters. The Morgan fingerprint density at radius 2 is 1.64 bits per heavy atom. The molecule has 6 heteroatoms. The summed E-state index contributed by atoms with van der Waals surface area (Å²) in [6.07, 6.45) is -5.91. The van der Waals surface area contributed by atoms with Crippen LogP contribution in [0.15, 0.2) is 42.5 Å². The number of nitrogens with one attached hydrogen (secondary N) is 1. The molecule has 0 radical (unpaired) electrons. The number of aliphatic hydroxyl groups is 4. The van der Waals surface area contributed by atoms with Gasteiger partial charge in [-0.1, -0.05) is 36.4 Å². The van der Waals surface area contributed by atoms with E-state index in [-0.39, 0.29) is 0 Å². The lowest BCUT2D eigenvalue weighted by Crippen LogP contribution is -2.60. The van der Waals surface area contributed by atoms with Gasteiger partial charge >= 0.3 is 0 Å². The van der Waals surface area contributed by atoms with Crippen LogP contribution in [0.5, 0.6) is 0 Å². The lowest BCUT2D eigenvalue weighted by atomic mass is 9.98. The minimum atomic E-state index is -1.39. The first-order valence-corrected chi connectivity index (χ1v) is 7.16. The van der Waals surface area contributed by atoms with Gasteiger partial charge in [0.25, 0.3) is 0 Å². The Morgan fingerprint density at radius 1 is 0.909 bits per heavy atom. The largest absolute Gasteiger partial charge is 0.394 e. The molecular formula is C16H19NO5. The van der Waals surface area contributed by atoms with E-state index >= 15 is 0 Å². The maximum atomic E-state index is 10.1. The number of ether oxygens (including phenoxy) is 1. The topological polar surface area (TPSA) is 102 Å². The molecule has 5 atom stereocenters. The molecule has 0 bridgehead atoms. The molecule has 118 valence electrons. The molecule has 5 N–H and O–H groups in total. The normalized spacial score (nSPS) is 32.1. The number of fused-ring (bicyclic) bond motifs is 1. The second kappa shape index (κ2) is 6.20. The zero-order chi connectivity index (χ0) is 15.7. The molecule has 2 aromatic carbocycles. The summed E-state index contributed by atoms with van der Waals surface area (Å²) in [6, 6.07) is 13.4. The van der Waals surface area contributed by atoms with E-state index in [0.29, 0.717) is 0 Å². The van der Waals surface area contributed by atoms with Gasteiger partial charge < -0.3 is 30.5 Å². The van der Waals surface area contributed by atoms with E-state index < -0.39 is 37.3 Å². The van der Waals surface area contributed by atoms with Crippen molar-refractivity contribution in [2.75, 3.05) is 11.9 Å². The van der Waals surface area contributed by atoms with Crippen LogP contribution in [0.25, 0.3) is 10.8 Å². The fourth-order valence-electron chi connectivity index (χ4n) is 2.73. The summed E-state index contributed by atoms with van der Waals surface area (Å²) < 4.78 is 5.46. The van der Waals surface area contributed by atoms with E-state index in [9.17, 15) is 20.4 Å². The van der Waals surface area contributed by atoms with Gasteiger partial charge in [-0.05, 0) is 11.5 Å². The highest BCUT2D eigenvalue weighted by molar-refractivity contribution is 5.93. The molecule has 0 aromatic heterocycles. The second-order valence-corrected chi connectivity index (χ2v) is 5.42. The van der Waals surface area contributed by atoms with E-state index in [2.05, 4.69) is 5.32 Å². The first-order valence-electron chi connectivity index (χ1n) is 7.16. The third kappa shape index (κ3) is 2.67. The Bertz CT molecular complexity index is 642. The third-order valence-corrected chi connectivity index (χ3v) is 3.98. The number of hydrogen-bond acceptors (Lipinski definition) is 6. The van der Waals surface area contributed by atoms with Crippen molar-refractivity contribution in [2.45, 2.75) is 30.6 Å². The average Bonchev–Trinajstić information content (AvgIpc) is 2.55. The summed E-state index contributed by atoms with van der Waals surface area (Å²) in [7, 11) is 0. The summed E-state index contributed by atoms with van der Waals surface area (Å²) >= 11 is 0. The van der Waals surface area contributed by atoms with Gasteiger partial charge in [-0.25, -0.2) is 0 Å². The van der Waals surface area contributed by atoms with Crippen molar-refractivity contribution in [3.63, 3.8) is 0 Å². The molecule has 0 saturated carbocycles. The first-order chi connectivity index (χ1) is 10.6. The Balaban J connectivity index is 1.87. The summed E-state index contributed by atoms with van der Waals surface area (Å²) in [5.74, 6) is 0. The quantitative estimate of drug-likeness (QED) is 0.549. The number of rotatable bonds is 3. The Kier molecular flexibility index (Phi) is 4.28. The fraction of sp³-hybridized carbons (Fsp3) is 0.375. The molecular weight excluding hydrogens is 286 g/mol. The van der Waals surface area contributed by atoms with Crippen LogP contribution in [-0.2, 0) is 4.74 Å². The molecule has 1 fully saturated rings. The molecule has 0 aliphatic carbocycles. The highest BCUT2D eigenvalue weighted by Crippen LogP contribution is 2.27. The minimum absolute atomic E-state index is 0.446. The van der Waals surface area contributed by atoms with Gasteiger partial charge in [-0.2, -0.15) is 0 Å². The van der Waals surface area contributed by atoms with Crippen LogP contribution in [-0.4, -0.2) is 57.7 Å². The SMILES string of the molecule is OC[C@@H]1O[C@H](Nc2cccc3ccccc23)[C@H](O)[C@@H](O)[C@H]1O. The van der Waals surface area contributed by atoms with E-state index in [4.69, 9.17) is 4.74 Å². The first kappa shape index (κ1) is 15.2. The van der Waals surface area contributed by atoms with Crippen LogP contribution in [0.3, 0.4) is 0 Å². The summed E-state index contributed by atoms with van der Waals surface area (Å²) in [5, 5.41) is 43.9. The highest BCUT2D eigenvalue weighted by Gasteiger charge is 2.43. The van der Waals surface area contributed by atoms with Gasteiger partial charge in [-0.15, -0.1) is 0 Å². The standard InChI is InChI=1S/C16H19NO5/c18-8-12-13(19)14(20)15(21)16(22-12)17-11-7-3-5-9-4-1-2-6-10(9)11/h1-7,12-21H,8H2/t12-,13-,14-,15+,16-/m0/s1. The molecule has 3 rings (SSSR count). The van der Waals surface area contributed by atoms with Crippen LogP contribution >= 0.6 is 0 Å². The van der Waals surface area contributed by atoms with Crippen molar-refractivity contribution < 1.29 is 25.2 Å². The van der Waals surface area contributed by atoms with Crippen LogP contribution in [0.4, 0.5) is 5.69 Å². The number of benzene rings is 2. The van der Waals surface area contributed by atoms with Gasteiger partial charge in [0.1, 0.15) is 24.4 Å². The molecule has 0 spiro atoms. The van der Waals surface area contributed by atoms with Crippen molar-refractivity contribution in [1.29, 1.82) is 0 Å². The molecule has 1 saturated heterocycles. The van der Waals surface area contributed by atoms with Crippen LogP contribution in [0.2, 0.25) is 0 Å². The Labute approximate surface area is 127 Å². The predicted molar refractivity (Wildman–Crippen MR) is 81.3 cm³/mol. The minimum Gasteiger partial charge on any atom is -0.394 e. The van der Waals surface area contributed by atoms with Gasteiger partial charge in [0.15, 0.2) is 6.23 Å². The zero-order valence-corrected chi connectivity index (χ0v) is 11.8. The van der Waals surface area contributed by atoms with Crippen LogP contribution in [0, 0.1) is 0 Å². The average molecular weight is 305 g/mol. The Morgan fingerprint density at radius 3 is 2.41 bits per heavy atom. The van der Waals surface area contributed by atoms with E-state index in [1.807, 2.05) is 42.5 Å². The van der Waals surface area contributed by atoms with Gasteiger partial charge in [0, 0.05) is 11.1 Å². The van der Waals surface area contributed by atoms with Gasteiger partial charge in [-0.3, -0.25) is 0 Å². The van der Waals surface area contributed by atoms with Crippen LogP contribution in [0.1, 0.15) is 0 Å². The molecule has 1 aliphatic rings. The van der Waals surface area contributed by atoms with Crippen molar-refractivity contribution in [1.82, 2.24) is 0 Å². The maximum Gasteiger partial charge on any atom is 0.157 e. The van der Waals surface area contributed by atoms with E-state index in [1.54, 1.807) is 0 Å². The summed E-state index contributed by atoms with van der Waals surface area (Å²) in [6.45, 7) is -0.446. The smallest absolute Gasteiger partial charge is 0.157 e. The molecule has 6 nitrogen and oxygen atoms in total. The number of anilines is 1. The second-order valence-electron chi connectivity index (χ2n) is 5.42. The molecule has 1 heterocycles. The van der Waals surface area contributed by atoms with Crippen molar-refractivity contribution in [3.05, 3.63) is 42.5 Å². The highest BCUT2D eigenvalue weighted by atomic mass is 16.6. The predicted octanol–water partition coefficient (Wildman–Crippen LogP) is 0.0516. The summed E-state index contributed by atoms with van der Waals surface area (Å²) in [5.41, 5.74) is 0.738. The number of aliphatic hydroxyl groups excluding tert-OH is 4. The molecule has 0 amide bonds. The number of hydrogen-bond donors (Lipinski definition) is 5. The van der Waals surface area contributed by atoms with Crippen molar-refractivity contribution in [3.8, 4) is 0 Å². The zero-order valence-electron chi connectivity index (χ0n) is 11.8. The molecule has 1 aliphatic heterocycles. The van der Waals surface area contributed by atoms with Crippen molar-refractivity contribution >= 4 is 16.5 Å². The maximum absolute atomic E-state index is 10.1. The summed E-state index contributed by atoms with van der Waals surface area (Å²) in [4.78, 5) is 0. The van der Waals surface area contributed by atoms with Gasteiger partial charge in [0.05, 0.1) is 6.61 Å². The Hall–Kier alpha value is -1.70. The lowest BCUT2D eigenvalue weighted by Gasteiger charge is -2.40. The third-order valence-electron chi connectivity index (χ3n) is 3.98. The van der Waals surface area contributed by atoms with Crippen molar-refractivity contribution in [2.24, 2.45) is 0 Å². The van der Waals surface area contributed by atoms with E-state index in [1.165, 1.54) is 0 Å².